The maximum atomic E-state index is 13.3. The minimum atomic E-state index is -0.549. The molecule has 2 bridgehead atoms. The predicted octanol–water partition coefficient (Wildman–Crippen LogP) is 4.76. The Balaban J connectivity index is 1.65. The molecule has 0 heterocycles. The molecule has 1 aromatic rings. The molecule has 0 saturated heterocycles. The molecule has 96 valence electrons. The highest BCUT2D eigenvalue weighted by molar-refractivity contribution is 6.35. The number of rotatable bonds is 3. The van der Waals surface area contributed by atoms with E-state index in [-0.39, 0.29) is 10.0 Å². The molecule has 0 spiro atoms. The molecule has 1 N–H and O–H groups in total. The highest BCUT2D eigenvalue weighted by Gasteiger charge is 2.35. The van der Waals surface area contributed by atoms with E-state index in [0.29, 0.717) is 11.8 Å². The number of fused-ring (bicyclic) bond motifs is 2. The van der Waals surface area contributed by atoms with Gasteiger partial charge in [-0.25, -0.2) is 4.39 Å². The molecule has 3 rings (SSSR count). The summed E-state index contributed by atoms with van der Waals surface area (Å²) in [5, 5.41) is 3.45. The largest absolute Gasteiger partial charge is 0.385 e. The zero-order valence-electron chi connectivity index (χ0n) is 9.80. The molecule has 0 radical (unpaired) electrons. The Labute approximate surface area is 116 Å². The summed E-state index contributed by atoms with van der Waals surface area (Å²) in [6.07, 6.45) is 7.19. The lowest BCUT2D eigenvalue weighted by molar-refractivity contribution is 0.472. The molecular formula is C14H14Cl2FN. The van der Waals surface area contributed by atoms with Gasteiger partial charge in [-0.15, -0.1) is 0 Å². The summed E-state index contributed by atoms with van der Waals surface area (Å²) in [6.45, 7) is 0.893. The van der Waals surface area contributed by atoms with E-state index in [1.165, 1.54) is 12.8 Å². The first-order valence-electron chi connectivity index (χ1n) is 6.20. The fraction of sp³-hybridized carbons (Fsp3) is 0.429. The van der Waals surface area contributed by atoms with Crippen molar-refractivity contribution in [3.63, 3.8) is 0 Å². The zero-order valence-corrected chi connectivity index (χ0v) is 11.3. The van der Waals surface area contributed by atoms with Crippen LogP contribution in [0.2, 0.25) is 10.0 Å². The van der Waals surface area contributed by atoms with E-state index >= 15 is 0 Å². The monoisotopic (exact) mass is 285 g/mol. The molecule has 2 aliphatic carbocycles. The van der Waals surface area contributed by atoms with Gasteiger partial charge in [-0.3, -0.25) is 0 Å². The summed E-state index contributed by atoms with van der Waals surface area (Å²) < 4.78 is 13.3. The Bertz CT molecular complexity index is 478. The van der Waals surface area contributed by atoms with Gasteiger partial charge < -0.3 is 5.32 Å². The van der Waals surface area contributed by atoms with Crippen molar-refractivity contribution >= 4 is 28.9 Å². The summed E-state index contributed by atoms with van der Waals surface area (Å²) >= 11 is 11.5. The van der Waals surface area contributed by atoms with Gasteiger partial charge in [0.05, 0.1) is 10.0 Å². The second-order valence-corrected chi connectivity index (χ2v) is 5.99. The van der Waals surface area contributed by atoms with Crippen LogP contribution in [0.4, 0.5) is 10.1 Å². The van der Waals surface area contributed by atoms with Crippen LogP contribution in [0.5, 0.6) is 0 Å². The van der Waals surface area contributed by atoms with Crippen LogP contribution < -0.4 is 5.32 Å². The number of benzene rings is 1. The number of hydrogen-bond acceptors (Lipinski definition) is 1. The van der Waals surface area contributed by atoms with Crippen LogP contribution in [-0.4, -0.2) is 6.54 Å². The second kappa shape index (κ2) is 4.75. The fourth-order valence-corrected chi connectivity index (χ4v) is 3.52. The van der Waals surface area contributed by atoms with Crippen molar-refractivity contribution in [2.45, 2.75) is 12.8 Å². The summed E-state index contributed by atoms with van der Waals surface area (Å²) in [6, 6.07) is 3.18. The van der Waals surface area contributed by atoms with Gasteiger partial charge in [0.25, 0.3) is 0 Å². The molecule has 18 heavy (non-hydrogen) atoms. The molecular weight excluding hydrogens is 272 g/mol. The van der Waals surface area contributed by atoms with Gasteiger partial charge >= 0.3 is 0 Å². The summed E-state index contributed by atoms with van der Waals surface area (Å²) in [5.41, 5.74) is 0.790. The van der Waals surface area contributed by atoms with Crippen LogP contribution in [0.3, 0.4) is 0 Å². The number of nitrogens with one attached hydrogen (secondary N) is 1. The Morgan fingerprint density at radius 1 is 1.17 bits per heavy atom. The van der Waals surface area contributed by atoms with Crippen molar-refractivity contribution in [2.24, 2.45) is 17.8 Å². The average Bonchev–Trinajstić information content (AvgIpc) is 2.95. The van der Waals surface area contributed by atoms with Crippen LogP contribution in [0.1, 0.15) is 12.8 Å². The molecule has 4 heteroatoms. The first kappa shape index (κ1) is 12.3. The second-order valence-electron chi connectivity index (χ2n) is 5.18. The van der Waals surface area contributed by atoms with E-state index < -0.39 is 5.82 Å². The fourth-order valence-electron chi connectivity index (χ4n) is 3.04. The van der Waals surface area contributed by atoms with Crippen LogP contribution >= 0.6 is 23.2 Å². The van der Waals surface area contributed by atoms with Crippen LogP contribution in [0, 0.1) is 23.6 Å². The molecule has 1 aromatic carbocycles. The van der Waals surface area contributed by atoms with Gasteiger partial charge in [0.1, 0.15) is 0 Å². The molecule has 2 aliphatic rings. The van der Waals surface area contributed by atoms with Crippen LogP contribution in [-0.2, 0) is 0 Å². The lowest BCUT2D eigenvalue weighted by Gasteiger charge is -2.19. The highest BCUT2D eigenvalue weighted by atomic mass is 35.5. The normalized spacial score (nSPS) is 28.9. The maximum absolute atomic E-state index is 13.3. The zero-order chi connectivity index (χ0) is 12.7. The van der Waals surface area contributed by atoms with Gasteiger partial charge in [-0.1, -0.05) is 35.4 Å². The third kappa shape index (κ3) is 2.24. The molecule has 3 unspecified atom stereocenters. The summed E-state index contributed by atoms with van der Waals surface area (Å²) in [5.74, 6) is 1.59. The summed E-state index contributed by atoms with van der Waals surface area (Å²) in [7, 11) is 0. The van der Waals surface area contributed by atoms with Crippen LogP contribution in [0.25, 0.3) is 0 Å². The molecule has 0 aromatic heterocycles. The van der Waals surface area contributed by atoms with E-state index in [2.05, 4.69) is 17.5 Å². The van der Waals surface area contributed by atoms with Crippen molar-refractivity contribution in [1.82, 2.24) is 0 Å². The van der Waals surface area contributed by atoms with Crippen molar-refractivity contribution in [3.05, 3.63) is 40.1 Å². The topological polar surface area (TPSA) is 12.0 Å². The van der Waals surface area contributed by atoms with Crippen molar-refractivity contribution in [1.29, 1.82) is 0 Å². The minimum Gasteiger partial charge on any atom is -0.385 e. The van der Waals surface area contributed by atoms with Crippen LogP contribution in [0.15, 0.2) is 24.3 Å². The van der Waals surface area contributed by atoms with E-state index in [4.69, 9.17) is 23.2 Å². The Kier molecular flexibility index (Phi) is 3.25. The quantitative estimate of drug-likeness (QED) is 0.624. The minimum absolute atomic E-state index is 0.0674. The van der Waals surface area contributed by atoms with Gasteiger partial charge in [0, 0.05) is 12.2 Å². The van der Waals surface area contributed by atoms with Crippen molar-refractivity contribution in [3.8, 4) is 0 Å². The lowest BCUT2D eigenvalue weighted by Crippen LogP contribution is -2.18. The molecule has 1 saturated carbocycles. The van der Waals surface area contributed by atoms with E-state index in [0.717, 1.165) is 18.2 Å². The molecule has 1 fully saturated rings. The first-order valence-corrected chi connectivity index (χ1v) is 6.96. The first-order chi connectivity index (χ1) is 8.63. The molecule has 3 atom stereocenters. The van der Waals surface area contributed by atoms with Crippen molar-refractivity contribution < 1.29 is 4.39 Å². The predicted molar refractivity (Wildman–Crippen MR) is 73.8 cm³/mol. The Morgan fingerprint density at radius 2 is 1.89 bits per heavy atom. The molecule has 0 amide bonds. The van der Waals surface area contributed by atoms with Gasteiger partial charge in [0.2, 0.25) is 0 Å². The van der Waals surface area contributed by atoms with Crippen molar-refractivity contribution in [2.75, 3.05) is 11.9 Å². The van der Waals surface area contributed by atoms with E-state index in [1.54, 1.807) is 12.1 Å². The van der Waals surface area contributed by atoms with Gasteiger partial charge in [0.15, 0.2) is 5.82 Å². The lowest BCUT2D eigenvalue weighted by atomic mass is 9.93. The number of allylic oxidation sites excluding steroid dienone is 2. The average molecular weight is 286 g/mol. The smallest absolute Gasteiger partial charge is 0.160 e. The highest BCUT2D eigenvalue weighted by Crippen LogP contribution is 2.43. The number of anilines is 1. The van der Waals surface area contributed by atoms with E-state index in [9.17, 15) is 4.39 Å². The molecule has 0 aliphatic heterocycles. The Morgan fingerprint density at radius 3 is 2.44 bits per heavy atom. The number of halogens is 3. The van der Waals surface area contributed by atoms with Gasteiger partial charge in [-0.2, -0.15) is 0 Å². The molecule has 1 nitrogen and oxygen atoms in total. The third-order valence-electron chi connectivity index (χ3n) is 3.97. The van der Waals surface area contributed by atoms with E-state index in [1.807, 2.05) is 0 Å². The standard InChI is InChI=1S/C14H14Cl2FN/c15-12-5-11(6-13(16)14(12)17)18-7-10-4-8-1-2-9(10)3-8/h1-2,5-6,8-10,18H,3-4,7H2. The van der Waals surface area contributed by atoms with Gasteiger partial charge in [-0.05, 0) is 42.7 Å². The summed E-state index contributed by atoms with van der Waals surface area (Å²) in [4.78, 5) is 0. The number of hydrogen-bond donors (Lipinski definition) is 1. The SMILES string of the molecule is Fc1c(Cl)cc(NCC2CC3C=CC2C3)cc1Cl. The Hall–Kier alpha value is -0.730. The maximum Gasteiger partial charge on any atom is 0.160 e. The third-order valence-corrected chi connectivity index (χ3v) is 4.52.